The zero-order valence-corrected chi connectivity index (χ0v) is 7.96. The minimum absolute atomic E-state index is 0.133. The van der Waals surface area contributed by atoms with Gasteiger partial charge in [-0.25, -0.2) is 0 Å². The molecule has 1 aliphatic rings. The summed E-state index contributed by atoms with van der Waals surface area (Å²) >= 11 is 0. The Hall–Kier alpha value is -1.08. The van der Waals surface area contributed by atoms with Crippen LogP contribution in [0.1, 0.15) is 24.0 Å². The highest BCUT2D eigenvalue weighted by atomic mass is 14.7. The highest BCUT2D eigenvalue weighted by Crippen LogP contribution is 2.31. The van der Waals surface area contributed by atoms with E-state index < -0.39 is 0 Å². The highest BCUT2D eigenvalue weighted by molar-refractivity contribution is 5.31. The number of hydrogen-bond acceptors (Lipinski definition) is 1. The molecular formula is C12H15N. The van der Waals surface area contributed by atoms with Crippen LogP contribution in [0, 0.1) is 6.92 Å². The third-order valence-corrected chi connectivity index (χ3v) is 2.72. The van der Waals surface area contributed by atoms with Gasteiger partial charge in [-0.1, -0.05) is 42.0 Å². The molecular weight excluding hydrogens is 158 g/mol. The first kappa shape index (κ1) is 8.52. The number of aryl methyl sites for hydroxylation is 1. The summed E-state index contributed by atoms with van der Waals surface area (Å²) in [5, 5.41) is 0. The quantitative estimate of drug-likeness (QED) is 0.649. The van der Waals surface area contributed by atoms with Gasteiger partial charge >= 0.3 is 0 Å². The molecule has 1 heteroatoms. The van der Waals surface area contributed by atoms with Gasteiger partial charge < -0.3 is 5.73 Å². The van der Waals surface area contributed by atoms with E-state index in [0.717, 1.165) is 12.8 Å². The topological polar surface area (TPSA) is 26.0 Å². The zero-order valence-electron chi connectivity index (χ0n) is 7.96. The van der Waals surface area contributed by atoms with E-state index in [-0.39, 0.29) is 5.54 Å². The molecule has 1 nitrogen and oxygen atoms in total. The fourth-order valence-electron chi connectivity index (χ4n) is 1.86. The smallest absolute Gasteiger partial charge is 0.0479 e. The van der Waals surface area contributed by atoms with Crippen LogP contribution in [0.2, 0.25) is 0 Å². The van der Waals surface area contributed by atoms with E-state index in [0.29, 0.717) is 0 Å². The summed E-state index contributed by atoms with van der Waals surface area (Å²) in [5.41, 5.74) is 8.70. The summed E-state index contributed by atoms with van der Waals surface area (Å²) in [6.45, 7) is 2.11. The number of nitrogens with two attached hydrogens (primary N) is 1. The van der Waals surface area contributed by atoms with Crippen LogP contribution < -0.4 is 5.73 Å². The molecule has 0 atom stereocenters. The normalized spacial score (nSPS) is 19.2. The van der Waals surface area contributed by atoms with Gasteiger partial charge in [0.1, 0.15) is 0 Å². The molecule has 68 valence electrons. The summed E-state index contributed by atoms with van der Waals surface area (Å²) in [7, 11) is 0. The van der Waals surface area contributed by atoms with Gasteiger partial charge in [0.2, 0.25) is 0 Å². The van der Waals surface area contributed by atoms with Crippen LogP contribution in [0.4, 0.5) is 0 Å². The van der Waals surface area contributed by atoms with Crippen LogP contribution in [-0.4, -0.2) is 0 Å². The molecule has 0 bridgehead atoms. The van der Waals surface area contributed by atoms with Gasteiger partial charge in [0.25, 0.3) is 0 Å². The molecule has 1 aromatic carbocycles. The molecule has 0 saturated carbocycles. The van der Waals surface area contributed by atoms with Gasteiger partial charge in [0.05, 0.1) is 0 Å². The molecule has 0 radical (unpaired) electrons. The van der Waals surface area contributed by atoms with Gasteiger partial charge in [-0.15, -0.1) is 0 Å². The van der Waals surface area contributed by atoms with Crippen molar-refractivity contribution in [1.29, 1.82) is 0 Å². The van der Waals surface area contributed by atoms with E-state index in [1.165, 1.54) is 11.1 Å². The Morgan fingerprint density at radius 2 is 1.92 bits per heavy atom. The molecule has 13 heavy (non-hydrogen) atoms. The van der Waals surface area contributed by atoms with Crippen molar-refractivity contribution in [2.75, 3.05) is 0 Å². The van der Waals surface area contributed by atoms with Crippen molar-refractivity contribution in [2.24, 2.45) is 5.73 Å². The van der Waals surface area contributed by atoms with Crippen molar-refractivity contribution >= 4 is 0 Å². The molecule has 0 amide bonds. The fourth-order valence-corrected chi connectivity index (χ4v) is 1.86. The fraction of sp³-hybridized carbons (Fsp3) is 0.333. The van der Waals surface area contributed by atoms with E-state index in [4.69, 9.17) is 5.73 Å². The Labute approximate surface area is 79.3 Å². The maximum Gasteiger partial charge on any atom is 0.0479 e. The first-order valence-corrected chi connectivity index (χ1v) is 4.72. The molecule has 0 aromatic heterocycles. The van der Waals surface area contributed by atoms with Gasteiger partial charge in [-0.3, -0.25) is 0 Å². The van der Waals surface area contributed by atoms with Crippen LogP contribution >= 0.6 is 0 Å². The zero-order chi connectivity index (χ0) is 9.31. The second-order valence-electron chi connectivity index (χ2n) is 3.91. The van der Waals surface area contributed by atoms with Crippen LogP contribution in [0.15, 0.2) is 36.4 Å². The standard InChI is InChI=1S/C12H15N/c1-10-5-4-6-11(9-10)12(13)7-2-3-8-12/h2-6,9H,7-8,13H2,1H3. The maximum atomic E-state index is 6.29. The molecule has 2 rings (SSSR count). The molecule has 0 aliphatic heterocycles. The second-order valence-corrected chi connectivity index (χ2v) is 3.91. The molecule has 0 saturated heterocycles. The monoisotopic (exact) mass is 173 g/mol. The van der Waals surface area contributed by atoms with Crippen molar-refractivity contribution in [1.82, 2.24) is 0 Å². The predicted octanol–water partition coefficient (Wildman–Crippen LogP) is 2.50. The lowest BCUT2D eigenvalue weighted by atomic mass is 9.88. The first-order valence-electron chi connectivity index (χ1n) is 4.72. The van der Waals surface area contributed by atoms with Crippen molar-refractivity contribution in [3.8, 4) is 0 Å². The SMILES string of the molecule is Cc1cccc(C2(N)CC=CC2)c1. The Kier molecular flexibility index (Phi) is 1.97. The number of rotatable bonds is 1. The average Bonchev–Trinajstić information content (AvgIpc) is 2.54. The summed E-state index contributed by atoms with van der Waals surface area (Å²) < 4.78 is 0. The minimum Gasteiger partial charge on any atom is -0.321 e. The van der Waals surface area contributed by atoms with Gasteiger partial charge in [0.15, 0.2) is 0 Å². The highest BCUT2D eigenvalue weighted by Gasteiger charge is 2.27. The Morgan fingerprint density at radius 1 is 1.23 bits per heavy atom. The van der Waals surface area contributed by atoms with Crippen LogP contribution in [0.25, 0.3) is 0 Å². The molecule has 0 spiro atoms. The van der Waals surface area contributed by atoms with E-state index in [2.05, 4.69) is 43.3 Å². The van der Waals surface area contributed by atoms with E-state index in [1.54, 1.807) is 0 Å². The lowest BCUT2D eigenvalue weighted by molar-refractivity contribution is 0.480. The third-order valence-electron chi connectivity index (χ3n) is 2.72. The summed E-state index contributed by atoms with van der Waals surface area (Å²) in [4.78, 5) is 0. The molecule has 0 unspecified atom stereocenters. The van der Waals surface area contributed by atoms with Crippen molar-refractivity contribution in [3.63, 3.8) is 0 Å². The third kappa shape index (κ3) is 1.52. The molecule has 1 aromatic rings. The van der Waals surface area contributed by atoms with Crippen molar-refractivity contribution in [2.45, 2.75) is 25.3 Å². The second kappa shape index (κ2) is 3.00. The average molecular weight is 173 g/mol. The largest absolute Gasteiger partial charge is 0.321 e. The summed E-state index contributed by atoms with van der Waals surface area (Å²) in [6.07, 6.45) is 6.28. The van der Waals surface area contributed by atoms with Crippen LogP contribution in [0.5, 0.6) is 0 Å². The molecule has 0 fully saturated rings. The van der Waals surface area contributed by atoms with Crippen LogP contribution in [0.3, 0.4) is 0 Å². The Bertz CT molecular complexity index is 331. The van der Waals surface area contributed by atoms with Gasteiger partial charge in [0, 0.05) is 5.54 Å². The Balaban J connectivity index is 2.35. The molecule has 0 heterocycles. The molecule has 2 N–H and O–H groups in total. The van der Waals surface area contributed by atoms with Crippen molar-refractivity contribution < 1.29 is 0 Å². The summed E-state index contributed by atoms with van der Waals surface area (Å²) in [5.74, 6) is 0. The maximum absolute atomic E-state index is 6.29. The lowest BCUT2D eigenvalue weighted by Crippen LogP contribution is -2.33. The van der Waals surface area contributed by atoms with Gasteiger partial charge in [-0.2, -0.15) is 0 Å². The van der Waals surface area contributed by atoms with E-state index in [9.17, 15) is 0 Å². The van der Waals surface area contributed by atoms with E-state index >= 15 is 0 Å². The molecule has 1 aliphatic carbocycles. The van der Waals surface area contributed by atoms with Crippen molar-refractivity contribution in [3.05, 3.63) is 47.5 Å². The summed E-state index contributed by atoms with van der Waals surface area (Å²) in [6, 6.07) is 8.50. The first-order chi connectivity index (χ1) is 6.21. The van der Waals surface area contributed by atoms with E-state index in [1.807, 2.05) is 0 Å². The Morgan fingerprint density at radius 3 is 2.54 bits per heavy atom. The minimum atomic E-state index is -0.133. The number of benzene rings is 1. The number of hydrogen-bond donors (Lipinski definition) is 1. The lowest BCUT2D eigenvalue weighted by Gasteiger charge is -2.24. The predicted molar refractivity (Wildman–Crippen MR) is 55.4 cm³/mol. The van der Waals surface area contributed by atoms with Crippen LogP contribution in [-0.2, 0) is 5.54 Å². The van der Waals surface area contributed by atoms with Gasteiger partial charge in [-0.05, 0) is 25.3 Å².